The minimum atomic E-state index is -0.974. The molecule has 0 radical (unpaired) electrons. The fourth-order valence-corrected chi connectivity index (χ4v) is 2.78. The molecule has 18 heavy (non-hydrogen) atoms. The van der Waals surface area contributed by atoms with Crippen molar-refractivity contribution in [1.29, 1.82) is 0 Å². The number of hydrogen-bond acceptors (Lipinski definition) is 4. The van der Waals surface area contributed by atoms with Crippen molar-refractivity contribution in [2.75, 3.05) is 0 Å². The van der Waals surface area contributed by atoms with Crippen LogP contribution in [0.4, 0.5) is 0 Å². The lowest BCUT2D eigenvalue weighted by Crippen LogP contribution is -2.37. The van der Waals surface area contributed by atoms with Gasteiger partial charge in [0.15, 0.2) is 5.78 Å². The van der Waals surface area contributed by atoms with Gasteiger partial charge in [0.05, 0.1) is 5.60 Å². The van der Waals surface area contributed by atoms with Gasteiger partial charge >= 0.3 is 0 Å². The van der Waals surface area contributed by atoms with Crippen molar-refractivity contribution in [3.63, 3.8) is 0 Å². The summed E-state index contributed by atoms with van der Waals surface area (Å²) in [4.78, 5) is 11.5. The highest BCUT2D eigenvalue weighted by Crippen LogP contribution is 2.52. The molecule has 0 aromatic heterocycles. The Balaban J connectivity index is 2.35. The van der Waals surface area contributed by atoms with E-state index in [1.54, 1.807) is 19.9 Å². The highest BCUT2D eigenvalue weighted by atomic mass is 16.5. The second kappa shape index (κ2) is 4.21. The van der Waals surface area contributed by atoms with Crippen molar-refractivity contribution in [3.05, 3.63) is 24.5 Å². The van der Waals surface area contributed by atoms with Crippen LogP contribution in [0, 0.1) is 5.41 Å². The van der Waals surface area contributed by atoms with Gasteiger partial charge in [-0.15, -0.1) is 6.58 Å². The van der Waals surface area contributed by atoms with Crippen LogP contribution >= 0.6 is 0 Å². The zero-order valence-corrected chi connectivity index (χ0v) is 10.8. The zero-order chi connectivity index (χ0) is 13.6. The van der Waals surface area contributed by atoms with Crippen LogP contribution in [0.3, 0.4) is 0 Å². The number of fused-ring (bicyclic) bond motifs is 1. The normalized spacial score (nSPS) is 35.8. The molecule has 4 heteroatoms. The van der Waals surface area contributed by atoms with Gasteiger partial charge < -0.3 is 14.9 Å². The Bertz CT molecular complexity index is 405. The maximum atomic E-state index is 11.5. The van der Waals surface area contributed by atoms with Crippen LogP contribution in [0.25, 0.3) is 0 Å². The zero-order valence-electron chi connectivity index (χ0n) is 10.8. The molecule has 0 bridgehead atoms. The second-order valence-electron chi connectivity index (χ2n) is 5.87. The molecule has 1 saturated heterocycles. The highest BCUT2D eigenvalue weighted by Gasteiger charge is 2.52. The monoisotopic (exact) mass is 252 g/mol. The standard InChI is InChI=1S/C14H20O4/c1-4-5-14-7-10(16)9(15)6-11(14)18-12(8-14)13(2,3)17/h4,6,10,12,16-17H,1,5,7-8H2,2-3H3. The molecule has 1 aliphatic carbocycles. The number of rotatable bonds is 3. The van der Waals surface area contributed by atoms with E-state index in [2.05, 4.69) is 6.58 Å². The number of aliphatic hydroxyl groups is 2. The fourth-order valence-electron chi connectivity index (χ4n) is 2.78. The first-order valence-electron chi connectivity index (χ1n) is 6.22. The minimum Gasteiger partial charge on any atom is -0.491 e. The Labute approximate surface area is 107 Å². The molecule has 1 aliphatic heterocycles. The molecule has 0 amide bonds. The maximum Gasteiger partial charge on any atom is 0.187 e. The molecule has 4 nitrogen and oxygen atoms in total. The summed E-state index contributed by atoms with van der Waals surface area (Å²) in [5, 5.41) is 19.8. The third kappa shape index (κ3) is 2.10. The molecule has 1 fully saturated rings. The summed E-state index contributed by atoms with van der Waals surface area (Å²) in [5.74, 6) is 0.269. The van der Waals surface area contributed by atoms with Gasteiger partial charge in [0.1, 0.15) is 18.0 Å². The molecule has 0 aromatic carbocycles. The summed E-state index contributed by atoms with van der Waals surface area (Å²) in [6, 6.07) is 0. The van der Waals surface area contributed by atoms with Gasteiger partial charge in [-0.3, -0.25) is 4.79 Å². The Hall–Kier alpha value is -1.13. The van der Waals surface area contributed by atoms with E-state index in [1.807, 2.05) is 0 Å². The van der Waals surface area contributed by atoms with Crippen LogP contribution in [0.15, 0.2) is 24.5 Å². The van der Waals surface area contributed by atoms with Crippen molar-refractivity contribution in [2.24, 2.45) is 5.41 Å². The minimum absolute atomic E-state index is 0.318. The summed E-state index contributed by atoms with van der Waals surface area (Å²) >= 11 is 0. The van der Waals surface area contributed by atoms with E-state index in [9.17, 15) is 15.0 Å². The van der Waals surface area contributed by atoms with Crippen molar-refractivity contribution in [2.45, 2.75) is 50.9 Å². The molecule has 3 unspecified atom stereocenters. The molecule has 0 aromatic rings. The average Bonchev–Trinajstić information content (AvgIpc) is 2.58. The highest BCUT2D eigenvalue weighted by molar-refractivity contribution is 5.95. The van der Waals surface area contributed by atoms with Crippen LogP contribution in [0.1, 0.15) is 33.1 Å². The van der Waals surface area contributed by atoms with Crippen LogP contribution in [-0.2, 0) is 9.53 Å². The van der Waals surface area contributed by atoms with E-state index in [0.717, 1.165) is 0 Å². The summed E-state index contributed by atoms with van der Waals surface area (Å²) < 4.78 is 5.74. The number of ether oxygens (including phenoxy) is 1. The van der Waals surface area contributed by atoms with Crippen LogP contribution in [-0.4, -0.2) is 33.8 Å². The SMILES string of the molecule is C=CCC12CC(O)C(=O)C=C1OC(C(C)(C)O)C2. The summed E-state index contributed by atoms with van der Waals surface area (Å²) in [5.41, 5.74) is -1.36. The average molecular weight is 252 g/mol. The molecule has 2 aliphatic rings. The van der Waals surface area contributed by atoms with Crippen LogP contribution in [0.5, 0.6) is 0 Å². The predicted octanol–water partition coefficient (Wildman–Crippen LogP) is 1.33. The number of allylic oxidation sites excluding steroid dienone is 2. The lowest BCUT2D eigenvalue weighted by atomic mass is 9.70. The van der Waals surface area contributed by atoms with Gasteiger partial charge in [-0.2, -0.15) is 0 Å². The third-order valence-corrected chi connectivity index (χ3v) is 3.88. The van der Waals surface area contributed by atoms with E-state index in [-0.39, 0.29) is 17.3 Å². The van der Waals surface area contributed by atoms with Gasteiger partial charge in [-0.25, -0.2) is 0 Å². The first-order chi connectivity index (χ1) is 8.28. The molecule has 1 heterocycles. The van der Waals surface area contributed by atoms with Crippen molar-refractivity contribution >= 4 is 5.78 Å². The molecule has 100 valence electrons. The Morgan fingerprint density at radius 3 is 2.83 bits per heavy atom. The molecular formula is C14H20O4. The lowest BCUT2D eigenvalue weighted by molar-refractivity contribution is -0.125. The van der Waals surface area contributed by atoms with E-state index in [0.29, 0.717) is 25.0 Å². The number of carbonyl (C=O) groups excluding carboxylic acids is 1. The second-order valence-corrected chi connectivity index (χ2v) is 5.87. The van der Waals surface area contributed by atoms with Gasteiger partial charge in [-0.1, -0.05) is 6.08 Å². The topological polar surface area (TPSA) is 66.8 Å². The van der Waals surface area contributed by atoms with Gasteiger partial charge in [0.2, 0.25) is 0 Å². The van der Waals surface area contributed by atoms with Gasteiger partial charge in [-0.05, 0) is 26.7 Å². The summed E-state index contributed by atoms with van der Waals surface area (Å²) in [6.07, 6.45) is 3.39. The largest absolute Gasteiger partial charge is 0.491 e. The van der Waals surface area contributed by atoms with E-state index in [4.69, 9.17) is 4.74 Å². The molecule has 0 saturated carbocycles. The Morgan fingerprint density at radius 1 is 1.61 bits per heavy atom. The molecular weight excluding hydrogens is 232 g/mol. The molecule has 3 atom stereocenters. The van der Waals surface area contributed by atoms with Gasteiger partial charge in [0, 0.05) is 17.9 Å². The molecule has 2 N–H and O–H groups in total. The maximum absolute atomic E-state index is 11.5. The predicted molar refractivity (Wildman–Crippen MR) is 66.7 cm³/mol. The van der Waals surface area contributed by atoms with Crippen molar-refractivity contribution in [3.8, 4) is 0 Å². The third-order valence-electron chi connectivity index (χ3n) is 3.88. The number of ketones is 1. The van der Waals surface area contributed by atoms with E-state index < -0.39 is 11.7 Å². The number of aliphatic hydroxyl groups excluding tert-OH is 1. The van der Waals surface area contributed by atoms with E-state index in [1.165, 1.54) is 6.08 Å². The van der Waals surface area contributed by atoms with Crippen molar-refractivity contribution in [1.82, 2.24) is 0 Å². The number of hydrogen-bond donors (Lipinski definition) is 2. The van der Waals surface area contributed by atoms with Gasteiger partial charge in [0.25, 0.3) is 0 Å². The van der Waals surface area contributed by atoms with Crippen LogP contribution in [0.2, 0.25) is 0 Å². The molecule has 2 rings (SSSR count). The molecule has 0 spiro atoms. The lowest BCUT2D eigenvalue weighted by Gasteiger charge is -2.32. The Morgan fingerprint density at radius 2 is 2.28 bits per heavy atom. The summed E-state index contributed by atoms with van der Waals surface area (Å²) in [6.45, 7) is 7.11. The van der Waals surface area contributed by atoms with Crippen molar-refractivity contribution < 1.29 is 19.7 Å². The smallest absolute Gasteiger partial charge is 0.187 e. The summed E-state index contributed by atoms with van der Waals surface area (Å²) in [7, 11) is 0. The van der Waals surface area contributed by atoms with E-state index >= 15 is 0 Å². The first kappa shape index (κ1) is 13.3. The fraction of sp³-hybridized carbons (Fsp3) is 0.643. The first-order valence-corrected chi connectivity index (χ1v) is 6.22. The Kier molecular flexibility index (Phi) is 3.11. The number of carbonyl (C=O) groups is 1. The quantitative estimate of drug-likeness (QED) is 0.744. The van der Waals surface area contributed by atoms with Crippen LogP contribution < -0.4 is 0 Å².